The Balaban J connectivity index is 3.02. The standard InChI is InChI=1S/C13H15NO5/c1-4-7-19-13(17)14-10-6-5-9(12(15)16)8(2)11(10)18-3/h4-6H,1,7H2,2-3H3,(H,14,17)(H,15,16). The van der Waals surface area contributed by atoms with E-state index in [9.17, 15) is 9.59 Å². The van der Waals surface area contributed by atoms with Gasteiger partial charge in [-0.3, -0.25) is 5.32 Å². The molecule has 0 spiro atoms. The number of carboxylic acids is 1. The fourth-order valence-electron chi connectivity index (χ4n) is 1.57. The Bertz CT molecular complexity index is 510. The van der Waals surface area contributed by atoms with Gasteiger partial charge in [-0.25, -0.2) is 9.59 Å². The van der Waals surface area contributed by atoms with Gasteiger partial charge in [0.2, 0.25) is 0 Å². The van der Waals surface area contributed by atoms with E-state index in [4.69, 9.17) is 14.6 Å². The molecule has 0 aliphatic rings. The number of nitrogens with one attached hydrogen (secondary N) is 1. The maximum Gasteiger partial charge on any atom is 0.412 e. The average Bonchev–Trinajstić information content (AvgIpc) is 2.36. The Kier molecular flexibility index (Phi) is 4.93. The first kappa shape index (κ1) is 14.6. The second kappa shape index (κ2) is 6.44. The molecule has 2 N–H and O–H groups in total. The van der Waals surface area contributed by atoms with Crippen LogP contribution in [0.25, 0.3) is 0 Å². The minimum atomic E-state index is -1.06. The van der Waals surface area contributed by atoms with Crippen molar-refractivity contribution in [2.75, 3.05) is 19.0 Å². The molecule has 19 heavy (non-hydrogen) atoms. The number of hydrogen-bond donors (Lipinski definition) is 2. The number of carbonyl (C=O) groups excluding carboxylic acids is 1. The molecule has 1 aromatic rings. The summed E-state index contributed by atoms with van der Waals surface area (Å²) < 4.78 is 9.89. The number of amides is 1. The van der Waals surface area contributed by atoms with E-state index in [1.54, 1.807) is 6.92 Å². The molecule has 0 radical (unpaired) electrons. The van der Waals surface area contributed by atoms with Crippen molar-refractivity contribution in [3.05, 3.63) is 35.9 Å². The van der Waals surface area contributed by atoms with E-state index in [1.165, 1.54) is 25.3 Å². The largest absolute Gasteiger partial charge is 0.494 e. The van der Waals surface area contributed by atoms with E-state index >= 15 is 0 Å². The lowest BCUT2D eigenvalue weighted by Crippen LogP contribution is -2.15. The minimum Gasteiger partial charge on any atom is -0.494 e. The molecule has 6 nitrogen and oxygen atoms in total. The summed E-state index contributed by atoms with van der Waals surface area (Å²) in [7, 11) is 1.40. The van der Waals surface area contributed by atoms with Crippen LogP contribution in [0.15, 0.2) is 24.8 Å². The maximum atomic E-state index is 11.4. The van der Waals surface area contributed by atoms with Crippen molar-refractivity contribution in [3.63, 3.8) is 0 Å². The summed E-state index contributed by atoms with van der Waals surface area (Å²) in [6.07, 6.45) is 0.774. The van der Waals surface area contributed by atoms with Crippen LogP contribution in [0.2, 0.25) is 0 Å². The van der Waals surface area contributed by atoms with Crippen LogP contribution in [-0.4, -0.2) is 30.9 Å². The van der Waals surface area contributed by atoms with Crippen LogP contribution >= 0.6 is 0 Å². The monoisotopic (exact) mass is 265 g/mol. The minimum absolute atomic E-state index is 0.0837. The third kappa shape index (κ3) is 3.48. The van der Waals surface area contributed by atoms with E-state index in [2.05, 4.69) is 11.9 Å². The first-order chi connectivity index (χ1) is 9.01. The van der Waals surface area contributed by atoms with Gasteiger partial charge in [0.1, 0.15) is 12.4 Å². The zero-order valence-electron chi connectivity index (χ0n) is 10.7. The topological polar surface area (TPSA) is 84.9 Å². The van der Waals surface area contributed by atoms with Gasteiger partial charge >= 0.3 is 12.1 Å². The van der Waals surface area contributed by atoms with Crippen molar-refractivity contribution >= 4 is 17.7 Å². The number of benzene rings is 1. The highest BCUT2D eigenvalue weighted by Crippen LogP contribution is 2.31. The van der Waals surface area contributed by atoms with E-state index in [0.29, 0.717) is 11.3 Å². The van der Waals surface area contributed by atoms with Gasteiger partial charge in [0.25, 0.3) is 0 Å². The summed E-state index contributed by atoms with van der Waals surface area (Å²) in [6, 6.07) is 2.84. The third-order valence-corrected chi connectivity index (χ3v) is 2.41. The first-order valence-corrected chi connectivity index (χ1v) is 5.46. The molecule has 102 valence electrons. The molecule has 0 saturated carbocycles. The lowest BCUT2D eigenvalue weighted by atomic mass is 10.1. The Labute approximate surface area is 110 Å². The van der Waals surface area contributed by atoms with Crippen molar-refractivity contribution in [1.29, 1.82) is 0 Å². The number of anilines is 1. The smallest absolute Gasteiger partial charge is 0.412 e. The summed E-state index contributed by atoms with van der Waals surface area (Å²) >= 11 is 0. The maximum absolute atomic E-state index is 11.4. The van der Waals surface area contributed by atoms with Crippen LogP contribution in [0.3, 0.4) is 0 Å². The Hall–Kier alpha value is -2.50. The van der Waals surface area contributed by atoms with Gasteiger partial charge in [-0.2, -0.15) is 0 Å². The summed E-state index contributed by atoms with van der Waals surface area (Å²) in [5, 5.41) is 11.5. The zero-order chi connectivity index (χ0) is 14.4. The number of ether oxygens (including phenoxy) is 2. The Morgan fingerprint density at radius 3 is 2.68 bits per heavy atom. The van der Waals surface area contributed by atoms with E-state index in [-0.39, 0.29) is 17.9 Å². The lowest BCUT2D eigenvalue weighted by Gasteiger charge is -2.14. The van der Waals surface area contributed by atoms with Crippen molar-refractivity contribution in [2.45, 2.75) is 6.92 Å². The number of methoxy groups -OCH3 is 1. The van der Waals surface area contributed by atoms with E-state index in [0.717, 1.165) is 0 Å². The van der Waals surface area contributed by atoms with Crippen LogP contribution in [0.1, 0.15) is 15.9 Å². The van der Waals surface area contributed by atoms with Crippen LogP contribution < -0.4 is 10.1 Å². The van der Waals surface area contributed by atoms with Gasteiger partial charge in [-0.1, -0.05) is 12.7 Å². The molecule has 0 aromatic heterocycles. The summed E-state index contributed by atoms with van der Waals surface area (Å²) in [6.45, 7) is 5.11. The number of aromatic carboxylic acids is 1. The SMILES string of the molecule is C=CCOC(=O)Nc1ccc(C(=O)O)c(C)c1OC. The van der Waals surface area contributed by atoms with Gasteiger partial charge < -0.3 is 14.6 Å². The molecule has 6 heteroatoms. The molecule has 1 rings (SSSR count). The van der Waals surface area contributed by atoms with Crippen molar-refractivity contribution in [3.8, 4) is 5.75 Å². The van der Waals surface area contributed by atoms with Crippen LogP contribution in [0, 0.1) is 6.92 Å². The molecule has 1 amide bonds. The highest BCUT2D eigenvalue weighted by atomic mass is 16.5. The average molecular weight is 265 g/mol. The molecule has 0 bridgehead atoms. The second-order valence-corrected chi connectivity index (χ2v) is 3.64. The predicted molar refractivity (Wildman–Crippen MR) is 69.9 cm³/mol. The summed E-state index contributed by atoms with van der Waals surface area (Å²) in [5.41, 5.74) is 0.887. The fourth-order valence-corrected chi connectivity index (χ4v) is 1.57. The van der Waals surface area contributed by atoms with Gasteiger partial charge in [0, 0.05) is 5.56 Å². The van der Waals surface area contributed by atoms with Gasteiger partial charge in [-0.05, 0) is 19.1 Å². The molecular weight excluding hydrogens is 250 g/mol. The van der Waals surface area contributed by atoms with Gasteiger partial charge in [-0.15, -0.1) is 0 Å². The first-order valence-electron chi connectivity index (χ1n) is 5.46. The molecule has 0 unspecified atom stereocenters. The van der Waals surface area contributed by atoms with Gasteiger partial charge in [0.05, 0.1) is 18.4 Å². The van der Waals surface area contributed by atoms with Crippen molar-refractivity contribution in [2.24, 2.45) is 0 Å². The molecule has 0 saturated heterocycles. The number of rotatable bonds is 5. The quantitative estimate of drug-likeness (QED) is 0.799. The molecule has 0 fully saturated rings. The van der Waals surface area contributed by atoms with Crippen LogP contribution in [0.4, 0.5) is 10.5 Å². The molecule has 0 heterocycles. The number of carbonyl (C=O) groups is 2. The molecular formula is C13H15NO5. The predicted octanol–water partition coefficient (Wildman–Crippen LogP) is 2.44. The molecule has 1 aromatic carbocycles. The van der Waals surface area contributed by atoms with E-state index < -0.39 is 12.1 Å². The zero-order valence-corrected chi connectivity index (χ0v) is 10.7. The third-order valence-electron chi connectivity index (χ3n) is 2.41. The Morgan fingerprint density at radius 2 is 2.16 bits per heavy atom. The highest BCUT2D eigenvalue weighted by molar-refractivity contribution is 5.94. The summed E-state index contributed by atoms with van der Waals surface area (Å²) in [5.74, 6) is -0.771. The van der Waals surface area contributed by atoms with Crippen LogP contribution in [0.5, 0.6) is 5.75 Å². The van der Waals surface area contributed by atoms with Crippen LogP contribution in [-0.2, 0) is 4.74 Å². The van der Waals surface area contributed by atoms with Crippen molar-refractivity contribution in [1.82, 2.24) is 0 Å². The normalized spacial score (nSPS) is 9.58. The van der Waals surface area contributed by atoms with Gasteiger partial charge in [0.15, 0.2) is 0 Å². The molecule has 0 atom stereocenters. The number of carboxylic acid groups (broad SMARTS) is 1. The van der Waals surface area contributed by atoms with E-state index in [1.807, 2.05) is 0 Å². The lowest BCUT2D eigenvalue weighted by molar-refractivity contribution is 0.0695. The fraction of sp³-hybridized carbons (Fsp3) is 0.231. The van der Waals surface area contributed by atoms with Crippen molar-refractivity contribution < 1.29 is 24.2 Å². The number of hydrogen-bond acceptors (Lipinski definition) is 4. The molecule has 0 aliphatic carbocycles. The molecule has 0 aliphatic heterocycles. The second-order valence-electron chi connectivity index (χ2n) is 3.64. The highest BCUT2D eigenvalue weighted by Gasteiger charge is 2.16. The Morgan fingerprint density at radius 1 is 1.47 bits per heavy atom. The summed E-state index contributed by atoms with van der Waals surface area (Å²) in [4.78, 5) is 22.4.